The Hall–Kier alpha value is -0.240. The number of nitrogens with two attached hydrogens (primary N) is 1. The molecule has 0 aliphatic rings. The molecule has 0 saturated heterocycles. The lowest BCUT2D eigenvalue weighted by atomic mass is 10.1. The van der Waals surface area contributed by atoms with Crippen molar-refractivity contribution in [3.05, 3.63) is 33.8 Å². The highest BCUT2D eigenvalue weighted by atomic mass is 35.5. The number of halogens is 2. The number of hydrogen-bond acceptors (Lipinski definition) is 1. The van der Waals surface area contributed by atoms with Crippen LogP contribution in [-0.4, -0.2) is 0 Å². The first-order valence-corrected chi connectivity index (χ1v) is 4.08. The fraction of sp³-hybridized carbons (Fsp3) is 0.250. The minimum atomic E-state index is -0.115. The zero-order valence-electron chi connectivity index (χ0n) is 6.14. The van der Waals surface area contributed by atoms with Crippen LogP contribution in [0.4, 0.5) is 0 Å². The molecule has 0 aromatic heterocycles. The molecule has 11 heavy (non-hydrogen) atoms. The summed E-state index contributed by atoms with van der Waals surface area (Å²) in [6.07, 6.45) is 0. The van der Waals surface area contributed by atoms with E-state index in [2.05, 4.69) is 0 Å². The van der Waals surface area contributed by atoms with Crippen LogP contribution in [0.25, 0.3) is 0 Å². The van der Waals surface area contributed by atoms with E-state index < -0.39 is 0 Å². The lowest BCUT2D eigenvalue weighted by Crippen LogP contribution is -2.06. The molecule has 0 heterocycles. The second-order valence-corrected chi connectivity index (χ2v) is 3.24. The maximum atomic E-state index is 5.86. The third-order valence-electron chi connectivity index (χ3n) is 1.46. The van der Waals surface area contributed by atoms with Crippen molar-refractivity contribution in [2.45, 2.75) is 13.0 Å². The largest absolute Gasteiger partial charge is 0.324 e. The van der Waals surface area contributed by atoms with Crippen LogP contribution in [0.3, 0.4) is 0 Å². The van der Waals surface area contributed by atoms with Gasteiger partial charge in [0.05, 0.1) is 0 Å². The van der Waals surface area contributed by atoms with Gasteiger partial charge >= 0.3 is 0 Å². The molecular formula is C8H9Cl2N. The smallest absolute Gasteiger partial charge is 0.0468 e. The van der Waals surface area contributed by atoms with E-state index in [0.29, 0.717) is 10.0 Å². The van der Waals surface area contributed by atoms with Gasteiger partial charge in [-0.1, -0.05) is 29.3 Å². The third-order valence-corrected chi connectivity index (χ3v) is 2.11. The van der Waals surface area contributed by atoms with Gasteiger partial charge in [-0.3, -0.25) is 0 Å². The van der Waals surface area contributed by atoms with Gasteiger partial charge in [-0.2, -0.15) is 0 Å². The Labute approximate surface area is 76.1 Å². The van der Waals surface area contributed by atoms with E-state index in [1.165, 1.54) is 0 Å². The molecule has 0 spiro atoms. The van der Waals surface area contributed by atoms with Crippen LogP contribution in [-0.2, 0) is 0 Å². The fourth-order valence-electron chi connectivity index (χ4n) is 0.946. The first-order chi connectivity index (χ1) is 5.13. The Morgan fingerprint density at radius 1 is 1.27 bits per heavy atom. The molecule has 0 fully saturated rings. The molecule has 1 nitrogen and oxygen atoms in total. The van der Waals surface area contributed by atoms with Crippen molar-refractivity contribution in [2.24, 2.45) is 5.73 Å². The Morgan fingerprint density at radius 3 is 2.00 bits per heavy atom. The molecule has 0 bridgehead atoms. The predicted octanol–water partition coefficient (Wildman–Crippen LogP) is 3.01. The summed E-state index contributed by atoms with van der Waals surface area (Å²) in [7, 11) is 0. The van der Waals surface area contributed by atoms with Gasteiger partial charge in [0.25, 0.3) is 0 Å². The summed E-state index contributed by atoms with van der Waals surface area (Å²) in [4.78, 5) is 0. The van der Waals surface area contributed by atoms with E-state index in [0.717, 1.165) is 5.56 Å². The van der Waals surface area contributed by atoms with Gasteiger partial charge in [0.1, 0.15) is 0 Å². The van der Waals surface area contributed by atoms with Crippen molar-refractivity contribution in [3.63, 3.8) is 0 Å². The van der Waals surface area contributed by atoms with Crippen LogP contribution in [0, 0.1) is 0 Å². The molecule has 0 aliphatic heterocycles. The van der Waals surface area contributed by atoms with Crippen molar-refractivity contribution in [1.82, 2.24) is 0 Å². The SMILES string of the molecule is C[C@@H](N)c1c(Cl)cccc1Cl. The molecule has 1 rings (SSSR count). The molecule has 0 aliphatic carbocycles. The minimum absolute atomic E-state index is 0.115. The highest BCUT2D eigenvalue weighted by Crippen LogP contribution is 2.28. The Balaban J connectivity index is 3.21. The zero-order valence-corrected chi connectivity index (χ0v) is 7.65. The van der Waals surface area contributed by atoms with Gasteiger partial charge in [0, 0.05) is 21.7 Å². The van der Waals surface area contributed by atoms with E-state index in [4.69, 9.17) is 28.9 Å². The lowest BCUT2D eigenvalue weighted by molar-refractivity contribution is 0.819. The number of benzene rings is 1. The Morgan fingerprint density at radius 2 is 1.73 bits per heavy atom. The molecule has 0 radical (unpaired) electrons. The van der Waals surface area contributed by atoms with Gasteiger partial charge in [-0.25, -0.2) is 0 Å². The van der Waals surface area contributed by atoms with Crippen molar-refractivity contribution in [1.29, 1.82) is 0 Å². The third kappa shape index (κ3) is 1.86. The first-order valence-electron chi connectivity index (χ1n) is 3.32. The fourth-order valence-corrected chi connectivity index (χ4v) is 1.69. The van der Waals surface area contributed by atoms with E-state index >= 15 is 0 Å². The molecule has 1 aromatic carbocycles. The zero-order chi connectivity index (χ0) is 8.43. The molecule has 2 N–H and O–H groups in total. The van der Waals surface area contributed by atoms with Gasteiger partial charge in [0.15, 0.2) is 0 Å². The number of hydrogen-bond donors (Lipinski definition) is 1. The molecule has 0 saturated carbocycles. The summed E-state index contributed by atoms with van der Waals surface area (Å²) in [6.45, 7) is 1.85. The molecule has 1 aromatic rings. The molecular weight excluding hydrogens is 181 g/mol. The average Bonchev–Trinajstić information content (AvgIpc) is 1.85. The second kappa shape index (κ2) is 3.44. The molecule has 60 valence electrons. The van der Waals surface area contributed by atoms with E-state index in [-0.39, 0.29) is 6.04 Å². The van der Waals surface area contributed by atoms with E-state index in [1.54, 1.807) is 18.2 Å². The maximum absolute atomic E-state index is 5.86. The van der Waals surface area contributed by atoms with Crippen LogP contribution in [0.5, 0.6) is 0 Å². The van der Waals surface area contributed by atoms with Crippen LogP contribution < -0.4 is 5.73 Å². The minimum Gasteiger partial charge on any atom is -0.324 e. The quantitative estimate of drug-likeness (QED) is 0.723. The first kappa shape index (κ1) is 8.85. The van der Waals surface area contributed by atoms with Crippen molar-refractivity contribution in [2.75, 3.05) is 0 Å². The summed E-state index contributed by atoms with van der Waals surface area (Å²) < 4.78 is 0. The lowest BCUT2D eigenvalue weighted by Gasteiger charge is -2.09. The van der Waals surface area contributed by atoms with Crippen LogP contribution >= 0.6 is 23.2 Å². The van der Waals surface area contributed by atoms with Gasteiger partial charge in [-0.15, -0.1) is 0 Å². The second-order valence-electron chi connectivity index (χ2n) is 2.42. The molecule has 3 heteroatoms. The van der Waals surface area contributed by atoms with Crippen LogP contribution in [0.2, 0.25) is 10.0 Å². The predicted molar refractivity (Wildman–Crippen MR) is 49.1 cm³/mol. The van der Waals surface area contributed by atoms with Crippen molar-refractivity contribution >= 4 is 23.2 Å². The Bertz CT molecular complexity index is 238. The van der Waals surface area contributed by atoms with Gasteiger partial charge < -0.3 is 5.73 Å². The van der Waals surface area contributed by atoms with Gasteiger partial charge in [-0.05, 0) is 19.1 Å². The number of rotatable bonds is 1. The summed E-state index contributed by atoms with van der Waals surface area (Å²) in [5.41, 5.74) is 6.46. The van der Waals surface area contributed by atoms with Crippen molar-refractivity contribution < 1.29 is 0 Å². The normalized spacial score (nSPS) is 13.1. The van der Waals surface area contributed by atoms with Crippen LogP contribution in [0.1, 0.15) is 18.5 Å². The average molecular weight is 190 g/mol. The van der Waals surface area contributed by atoms with Crippen LogP contribution in [0.15, 0.2) is 18.2 Å². The molecule has 0 unspecified atom stereocenters. The molecule has 0 amide bonds. The van der Waals surface area contributed by atoms with E-state index in [1.807, 2.05) is 6.92 Å². The molecule has 1 atom stereocenters. The highest BCUT2D eigenvalue weighted by molar-refractivity contribution is 6.36. The van der Waals surface area contributed by atoms with Crippen molar-refractivity contribution in [3.8, 4) is 0 Å². The topological polar surface area (TPSA) is 26.0 Å². The standard InChI is InChI=1S/C8H9Cl2N/c1-5(11)8-6(9)3-2-4-7(8)10/h2-5H,11H2,1H3/t5-/m1/s1. The Kier molecular flexibility index (Phi) is 2.77. The van der Waals surface area contributed by atoms with E-state index in [9.17, 15) is 0 Å². The monoisotopic (exact) mass is 189 g/mol. The summed E-state index contributed by atoms with van der Waals surface area (Å²) >= 11 is 11.7. The van der Waals surface area contributed by atoms with Gasteiger partial charge in [0.2, 0.25) is 0 Å². The maximum Gasteiger partial charge on any atom is 0.0468 e. The summed E-state index contributed by atoms with van der Waals surface area (Å²) in [5.74, 6) is 0. The highest BCUT2D eigenvalue weighted by Gasteiger charge is 2.08. The summed E-state index contributed by atoms with van der Waals surface area (Å²) in [6, 6.07) is 5.26. The summed E-state index contributed by atoms with van der Waals surface area (Å²) in [5, 5.41) is 1.26.